The Hall–Kier alpha value is -3.38. The number of hydrogen-bond acceptors (Lipinski definition) is 10. The maximum Gasteiger partial charge on any atom is 0.270 e. The summed E-state index contributed by atoms with van der Waals surface area (Å²) >= 11 is 0. The number of phenols is 5. The average Bonchev–Trinajstić information content (AvgIpc) is 2.99. The molecule has 1 saturated heterocycles. The standard InChI is InChI=1S/C20H20O11/c21-6-15-17(27)18(28)20(31-15)30-14-5-9-10(23)3-8(22)4-13(9)29-19(14)7-1-11(24)16(26)12(25)2-7/h1-5,15,17-28H,6H2/p+1/t15-,17+,18-,19?,20-/m1/s1. The van der Waals surface area contributed by atoms with Gasteiger partial charge in [0.15, 0.2) is 23.0 Å². The maximum atomic E-state index is 10.2. The minimum absolute atomic E-state index is 0.00665. The molecule has 31 heavy (non-hydrogen) atoms. The van der Waals surface area contributed by atoms with Crippen molar-refractivity contribution in [3.63, 3.8) is 0 Å². The fraction of sp³-hybridized carbons (Fsp3) is 0.300. The van der Waals surface area contributed by atoms with E-state index in [0.29, 0.717) is 0 Å². The van der Waals surface area contributed by atoms with E-state index in [-0.39, 0.29) is 34.1 Å². The van der Waals surface area contributed by atoms with Crippen LogP contribution in [0.15, 0.2) is 30.0 Å². The van der Waals surface area contributed by atoms with Gasteiger partial charge in [-0.25, -0.2) is 0 Å². The van der Waals surface area contributed by atoms with Gasteiger partial charge in [0.2, 0.25) is 6.29 Å². The number of aliphatic hydroxyl groups excluding tert-OH is 3. The van der Waals surface area contributed by atoms with Gasteiger partial charge >= 0.3 is 0 Å². The number of hydrogen-bond donors (Lipinski definition) is 8. The summed E-state index contributed by atoms with van der Waals surface area (Å²) in [4.78, 5) is 0. The minimum Gasteiger partial charge on any atom is -0.571 e. The summed E-state index contributed by atoms with van der Waals surface area (Å²) in [6.07, 6.45) is -5.09. The van der Waals surface area contributed by atoms with E-state index < -0.39 is 54.6 Å². The molecular weight excluding hydrogens is 416 g/mol. The number of ether oxygens (including phenoxy) is 3. The number of aliphatic hydroxyl groups is 4. The molecule has 2 aliphatic rings. The van der Waals surface area contributed by atoms with Gasteiger partial charge in [0.05, 0.1) is 18.2 Å². The van der Waals surface area contributed by atoms with E-state index in [1.807, 2.05) is 0 Å². The molecule has 0 amide bonds. The third kappa shape index (κ3) is 3.64. The van der Waals surface area contributed by atoms with Crippen molar-refractivity contribution in [3.8, 4) is 34.5 Å². The largest absolute Gasteiger partial charge is 0.571 e. The number of fused-ring (bicyclic) bond motifs is 1. The van der Waals surface area contributed by atoms with Crippen molar-refractivity contribution in [2.24, 2.45) is 0 Å². The van der Waals surface area contributed by atoms with Gasteiger partial charge in [-0.2, -0.15) is 0 Å². The minimum atomic E-state index is -1.50. The molecular formula is C20H21O11+. The van der Waals surface area contributed by atoms with Crippen molar-refractivity contribution < 1.29 is 55.1 Å². The molecule has 2 heterocycles. The molecule has 9 N–H and O–H groups in total. The van der Waals surface area contributed by atoms with Crippen molar-refractivity contribution in [3.05, 3.63) is 41.2 Å². The first-order valence-electron chi connectivity index (χ1n) is 9.22. The molecule has 1 fully saturated rings. The lowest BCUT2D eigenvalue weighted by Gasteiger charge is -2.28. The summed E-state index contributed by atoms with van der Waals surface area (Å²) < 4.78 is 15.4. The van der Waals surface area contributed by atoms with Gasteiger partial charge in [0.25, 0.3) is 11.9 Å². The average molecular weight is 437 g/mol. The molecule has 11 nitrogen and oxygen atoms in total. The highest BCUT2D eigenvalue weighted by Crippen LogP contribution is 2.47. The molecule has 0 bridgehead atoms. The highest BCUT2D eigenvalue weighted by atomic mass is 16.7. The molecule has 166 valence electrons. The van der Waals surface area contributed by atoms with Crippen molar-refractivity contribution in [1.29, 1.82) is 0 Å². The summed E-state index contributed by atoms with van der Waals surface area (Å²) in [5, 5.41) is 78.8. The summed E-state index contributed by atoms with van der Waals surface area (Å²) in [7, 11) is 0. The second-order valence-electron chi connectivity index (χ2n) is 7.21. The van der Waals surface area contributed by atoms with Crippen LogP contribution in [0, 0.1) is 0 Å². The molecule has 0 aromatic heterocycles. The van der Waals surface area contributed by atoms with Crippen LogP contribution in [-0.2, 0) is 9.47 Å². The molecule has 0 spiro atoms. The highest BCUT2D eigenvalue weighted by molar-refractivity contribution is 5.69. The molecule has 2 aromatic rings. The first-order valence-corrected chi connectivity index (χ1v) is 9.22. The Morgan fingerprint density at radius 2 is 1.58 bits per heavy atom. The molecule has 2 aliphatic heterocycles. The monoisotopic (exact) mass is 437 g/mol. The first kappa shape index (κ1) is 20.9. The highest BCUT2D eigenvalue weighted by Gasteiger charge is 2.46. The van der Waals surface area contributed by atoms with Crippen molar-refractivity contribution in [2.75, 3.05) is 6.61 Å². The zero-order chi connectivity index (χ0) is 22.4. The van der Waals surface area contributed by atoms with Crippen molar-refractivity contribution in [1.82, 2.24) is 0 Å². The lowest BCUT2D eigenvalue weighted by atomic mass is 10.0. The van der Waals surface area contributed by atoms with Gasteiger partial charge in [0, 0.05) is 12.1 Å². The predicted octanol–water partition coefficient (Wildman–Crippen LogP) is 0.00730. The molecule has 0 saturated carbocycles. The Labute approximate surface area is 174 Å². The SMILES string of the molecule is OC[C@H]1O[C@@H](OC2=Cc3c(O)cc(O)cc3[OH+]C2c2cc(O)c(O)c(O)c2)[C@H](O)[C@H]1O. The first-order chi connectivity index (χ1) is 14.7. The quantitative estimate of drug-likeness (QED) is 0.238. The van der Waals surface area contributed by atoms with Gasteiger partial charge in [0.1, 0.15) is 35.4 Å². The molecule has 5 atom stereocenters. The maximum absolute atomic E-state index is 10.2. The van der Waals surface area contributed by atoms with Crippen LogP contribution >= 0.6 is 0 Å². The Balaban J connectivity index is 1.76. The molecule has 2 aromatic carbocycles. The molecule has 1 unspecified atom stereocenters. The van der Waals surface area contributed by atoms with Crippen LogP contribution in [0.3, 0.4) is 0 Å². The van der Waals surface area contributed by atoms with Gasteiger partial charge in [-0.3, -0.25) is 0 Å². The fourth-order valence-electron chi connectivity index (χ4n) is 3.50. The zero-order valence-corrected chi connectivity index (χ0v) is 15.8. The van der Waals surface area contributed by atoms with E-state index in [2.05, 4.69) is 4.74 Å². The van der Waals surface area contributed by atoms with E-state index in [9.17, 15) is 40.9 Å². The summed E-state index contributed by atoms with van der Waals surface area (Å²) in [5.41, 5.74) is 0.349. The Bertz CT molecular complexity index is 1010. The van der Waals surface area contributed by atoms with Crippen LogP contribution in [0.5, 0.6) is 34.5 Å². The van der Waals surface area contributed by atoms with Gasteiger partial charge in [-0.1, -0.05) is 0 Å². The predicted molar refractivity (Wildman–Crippen MR) is 102 cm³/mol. The van der Waals surface area contributed by atoms with Crippen LogP contribution in [0.4, 0.5) is 0 Å². The fourth-order valence-corrected chi connectivity index (χ4v) is 3.50. The third-order valence-electron chi connectivity index (χ3n) is 5.10. The number of rotatable bonds is 4. The normalized spacial score (nSPS) is 27.3. The second kappa shape index (κ2) is 7.71. The van der Waals surface area contributed by atoms with Crippen molar-refractivity contribution in [2.45, 2.75) is 30.7 Å². The molecule has 11 heteroatoms. The number of benzene rings is 2. The van der Waals surface area contributed by atoms with Crippen LogP contribution in [0.1, 0.15) is 17.2 Å². The third-order valence-corrected chi connectivity index (χ3v) is 5.10. The Morgan fingerprint density at radius 1 is 0.903 bits per heavy atom. The zero-order valence-electron chi connectivity index (χ0n) is 15.8. The lowest BCUT2D eigenvalue weighted by molar-refractivity contribution is -0.165. The smallest absolute Gasteiger partial charge is 0.270 e. The van der Waals surface area contributed by atoms with Gasteiger partial charge < -0.3 is 55.1 Å². The lowest BCUT2D eigenvalue weighted by Crippen LogP contribution is -2.35. The van der Waals surface area contributed by atoms with Crippen LogP contribution < -0.4 is 0 Å². The van der Waals surface area contributed by atoms with E-state index in [0.717, 1.165) is 18.2 Å². The van der Waals surface area contributed by atoms with E-state index >= 15 is 0 Å². The van der Waals surface area contributed by atoms with Crippen LogP contribution in [0.2, 0.25) is 0 Å². The van der Waals surface area contributed by atoms with Crippen LogP contribution in [-0.4, -0.2) is 76.8 Å². The second-order valence-corrected chi connectivity index (χ2v) is 7.21. The Morgan fingerprint density at radius 3 is 2.19 bits per heavy atom. The van der Waals surface area contributed by atoms with E-state index in [1.165, 1.54) is 12.1 Å². The van der Waals surface area contributed by atoms with E-state index in [4.69, 9.17) is 9.47 Å². The van der Waals surface area contributed by atoms with Gasteiger partial charge in [-0.05, 0) is 12.1 Å². The summed E-state index contributed by atoms with van der Waals surface area (Å²) in [6.45, 7) is -0.562. The molecule has 0 aliphatic carbocycles. The van der Waals surface area contributed by atoms with Crippen LogP contribution in [0.25, 0.3) is 6.08 Å². The summed E-state index contributed by atoms with van der Waals surface area (Å²) in [6, 6.07) is 4.63. The number of phenolic OH excluding ortho intramolecular Hbond substituents is 5. The summed E-state index contributed by atoms with van der Waals surface area (Å²) in [5.74, 6) is -2.38. The molecule has 4 rings (SSSR count). The Kier molecular flexibility index (Phi) is 5.19. The topological polar surface area (TPSA) is 193 Å². The molecule has 0 radical (unpaired) electrons. The van der Waals surface area contributed by atoms with Gasteiger partial charge in [-0.15, -0.1) is 0 Å². The van der Waals surface area contributed by atoms with E-state index in [1.54, 1.807) is 0 Å². The number of aromatic hydroxyl groups is 6. The van der Waals surface area contributed by atoms with Crippen molar-refractivity contribution >= 4 is 6.08 Å².